The summed E-state index contributed by atoms with van der Waals surface area (Å²) in [5.74, 6) is 1.70. The van der Waals surface area contributed by atoms with Crippen LogP contribution in [-0.4, -0.2) is 73.7 Å². The second-order valence-corrected chi connectivity index (χ2v) is 7.55. The molecule has 0 amide bonds. The van der Waals surface area contributed by atoms with Crippen molar-refractivity contribution in [1.82, 2.24) is 25.5 Å². The first-order valence-corrected chi connectivity index (χ1v) is 10.4. The molecule has 0 aliphatic carbocycles. The molecule has 1 aliphatic heterocycles. The molecular formula is C22H34IN7. The number of hydrogen-bond donors (Lipinski definition) is 2. The summed E-state index contributed by atoms with van der Waals surface area (Å²) < 4.78 is 0. The van der Waals surface area contributed by atoms with Gasteiger partial charge in [-0.05, 0) is 31.9 Å². The molecule has 0 bridgehead atoms. The number of halogens is 1. The SMILES string of the molecule is CN=C(NCCc1cc(C)cc(C)c1)NCCN1CCN(c2ncccn2)CC1.I. The quantitative estimate of drug-likeness (QED) is 0.330. The lowest BCUT2D eigenvalue weighted by molar-refractivity contribution is 0.260. The third-order valence-electron chi connectivity index (χ3n) is 5.14. The molecule has 1 aromatic carbocycles. The molecule has 30 heavy (non-hydrogen) atoms. The maximum atomic E-state index is 4.34. The van der Waals surface area contributed by atoms with Gasteiger partial charge in [0.1, 0.15) is 0 Å². The Bertz CT molecular complexity index is 769. The molecular weight excluding hydrogens is 489 g/mol. The Kier molecular flexibility index (Phi) is 10.3. The summed E-state index contributed by atoms with van der Waals surface area (Å²) in [6, 6.07) is 8.58. The number of aryl methyl sites for hydroxylation is 2. The third-order valence-corrected chi connectivity index (χ3v) is 5.14. The molecule has 1 aromatic heterocycles. The summed E-state index contributed by atoms with van der Waals surface area (Å²) in [4.78, 5) is 17.7. The van der Waals surface area contributed by atoms with Crippen molar-refractivity contribution in [3.63, 3.8) is 0 Å². The Morgan fingerprint density at radius 2 is 1.60 bits per heavy atom. The molecule has 2 heterocycles. The summed E-state index contributed by atoms with van der Waals surface area (Å²) in [5, 5.41) is 6.85. The van der Waals surface area contributed by atoms with Crippen LogP contribution in [0, 0.1) is 13.8 Å². The van der Waals surface area contributed by atoms with Crippen LogP contribution in [0.4, 0.5) is 5.95 Å². The van der Waals surface area contributed by atoms with Gasteiger partial charge < -0.3 is 15.5 Å². The lowest BCUT2D eigenvalue weighted by Crippen LogP contribution is -2.49. The second-order valence-electron chi connectivity index (χ2n) is 7.55. The molecule has 0 unspecified atom stereocenters. The van der Waals surface area contributed by atoms with E-state index in [-0.39, 0.29) is 24.0 Å². The normalized spacial score (nSPS) is 14.9. The highest BCUT2D eigenvalue weighted by Crippen LogP contribution is 2.10. The zero-order valence-corrected chi connectivity index (χ0v) is 20.6. The fraction of sp³-hybridized carbons (Fsp3) is 0.500. The van der Waals surface area contributed by atoms with Crippen molar-refractivity contribution in [1.29, 1.82) is 0 Å². The van der Waals surface area contributed by atoms with Crippen LogP contribution in [0.3, 0.4) is 0 Å². The highest BCUT2D eigenvalue weighted by Gasteiger charge is 2.18. The van der Waals surface area contributed by atoms with Crippen molar-refractivity contribution < 1.29 is 0 Å². The van der Waals surface area contributed by atoms with Crippen molar-refractivity contribution in [2.24, 2.45) is 4.99 Å². The van der Waals surface area contributed by atoms with Crippen LogP contribution in [0.1, 0.15) is 16.7 Å². The van der Waals surface area contributed by atoms with Crippen molar-refractivity contribution in [2.75, 3.05) is 57.8 Å². The van der Waals surface area contributed by atoms with E-state index in [0.717, 1.165) is 64.1 Å². The molecule has 164 valence electrons. The van der Waals surface area contributed by atoms with E-state index in [0.29, 0.717) is 0 Å². The van der Waals surface area contributed by atoms with Gasteiger partial charge in [-0.15, -0.1) is 24.0 Å². The largest absolute Gasteiger partial charge is 0.356 e. The second kappa shape index (κ2) is 12.7. The van der Waals surface area contributed by atoms with Gasteiger partial charge in [-0.25, -0.2) is 9.97 Å². The number of rotatable bonds is 7. The van der Waals surface area contributed by atoms with E-state index in [1.807, 2.05) is 13.1 Å². The number of aromatic nitrogens is 2. The maximum Gasteiger partial charge on any atom is 0.225 e. The van der Waals surface area contributed by atoms with Gasteiger partial charge in [-0.3, -0.25) is 9.89 Å². The van der Waals surface area contributed by atoms with Crippen molar-refractivity contribution in [3.8, 4) is 0 Å². The lowest BCUT2D eigenvalue weighted by Gasteiger charge is -2.34. The number of anilines is 1. The van der Waals surface area contributed by atoms with Gasteiger partial charge in [-0.1, -0.05) is 29.3 Å². The van der Waals surface area contributed by atoms with Gasteiger partial charge in [0.2, 0.25) is 5.95 Å². The van der Waals surface area contributed by atoms with Crippen LogP contribution in [0.2, 0.25) is 0 Å². The first-order chi connectivity index (χ1) is 14.1. The smallest absolute Gasteiger partial charge is 0.225 e. The fourth-order valence-electron chi connectivity index (χ4n) is 3.72. The standard InChI is InChI=1S/C22H33N7.HI/c1-18-15-19(2)17-20(16-18)5-8-24-21(23-3)25-9-10-28-11-13-29(14-12-28)22-26-6-4-7-27-22;/h4,6-7,15-17H,5,8-14H2,1-3H3,(H2,23,24,25);1H. The predicted molar refractivity (Wildman–Crippen MR) is 135 cm³/mol. The number of piperazine rings is 1. The summed E-state index contributed by atoms with van der Waals surface area (Å²) in [7, 11) is 1.82. The highest BCUT2D eigenvalue weighted by molar-refractivity contribution is 14.0. The predicted octanol–water partition coefficient (Wildman–Crippen LogP) is 2.24. The van der Waals surface area contributed by atoms with Gasteiger partial charge in [0.05, 0.1) is 0 Å². The lowest BCUT2D eigenvalue weighted by atomic mass is 10.1. The van der Waals surface area contributed by atoms with Crippen LogP contribution >= 0.6 is 24.0 Å². The van der Waals surface area contributed by atoms with Crippen LogP contribution in [0.5, 0.6) is 0 Å². The molecule has 0 spiro atoms. The Morgan fingerprint density at radius 1 is 0.967 bits per heavy atom. The number of hydrogen-bond acceptors (Lipinski definition) is 5. The first kappa shape index (κ1) is 24.3. The molecule has 7 nitrogen and oxygen atoms in total. The maximum absolute atomic E-state index is 4.34. The van der Waals surface area contributed by atoms with Crippen LogP contribution < -0.4 is 15.5 Å². The first-order valence-electron chi connectivity index (χ1n) is 10.4. The third kappa shape index (κ3) is 7.71. The number of guanidine groups is 1. The van der Waals surface area contributed by atoms with Gasteiger partial charge in [0.25, 0.3) is 0 Å². The van der Waals surface area contributed by atoms with E-state index < -0.39 is 0 Å². The van der Waals surface area contributed by atoms with Crippen molar-refractivity contribution in [3.05, 3.63) is 53.3 Å². The molecule has 8 heteroatoms. The zero-order chi connectivity index (χ0) is 20.5. The van der Waals surface area contributed by atoms with Crippen LogP contribution in [-0.2, 0) is 6.42 Å². The van der Waals surface area contributed by atoms with Crippen LogP contribution in [0.15, 0.2) is 41.7 Å². The number of aliphatic imine (C=N–C) groups is 1. The van der Waals surface area contributed by atoms with Gasteiger partial charge in [0, 0.05) is 65.3 Å². The Balaban J connectivity index is 0.00000320. The van der Waals surface area contributed by atoms with Crippen LogP contribution in [0.25, 0.3) is 0 Å². The monoisotopic (exact) mass is 523 g/mol. The summed E-state index contributed by atoms with van der Waals surface area (Å²) in [6.07, 6.45) is 4.60. The minimum Gasteiger partial charge on any atom is -0.356 e. The minimum absolute atomic E-state index is 0. The number of nitrogens with zero attached hydrogens (tertiary/aromatic N) is 5. The minimum atomic E-state index is 0. The van der Waals surface area contributed by atoms with Gasteiger partial charge >= 0.3 is 0 Å². The van der Waals surface area contributed by atoms with Crippen molar-refractivity contribution >= 4 is 35.9 Å². The zero-order valence-electron chi connectivity index (χ0n) is 18.3. The van der Waals surface area contributed by atoms with E-state index in [4.69, 9.17) is 0 Å². The van der Waals surface area contributed by atoms with Gasteiger partial charge in [-0.2, -0.15) is 0 Å². The van der Waals surface area contributed by atoms with E-state index in [2.05, 4.69) is 67.4 Å². The van der Waals surface area contributed by atoms with E-state index >= 15 is 0 Å². The molecule has 2 aromatic rings. The summed E-state index contributed by atoms with van der Waals surface area (Å²) in [6.45, 7) is 11.0. The molecule has 1 aliphatic rings. The number of benzene rings is 1. The molecule has 0 saturated carbocycles. The van der Waals surface area contributed by atoms with Gasteiger partial charge in [0.15, 0.2) is 5.96 Å². The average Bonchev–Trinajstić information content (AvgIpc) is 2.73. The fourth-order valence-corrected chi connectivity index (χ4v) is 3.72. The summed E-state index contributed by atoms with van der Waals surface area (Å²) in [5.41, 5.74) is 4.01. The Labute approximate surface area is 197 Å². The summed E-state index contributed by atoms with van der Waals surface area (Å²) >= 11 is 0. The molecule has 0 radical (unpaired) electrons. The van der Waals surface area contributed by atoms with E-state index in [1.54, 1.807) is 12.4 Å². The van der Waals surface area contributed by atoms with Crippen molar-refractivity contribution in [2.45, 2.75) is 20.3 Å². The number of nitrogens with one attached hydrogen (secondary N) is 2. The highest BCUT2D eigenvalue weighted by atomic mass is 127. The molecule has 1 saturated heterocycles. The molecule has 1 fully saturated rings. The topological polar surface area (TPSA) is 68.7 Å². The average molecular weight is 523 g/mol. The van der Waals surface area contributed by atoms with E-state index in [1.165, 1.54) is 16.7 Å². The Hall–Kier alpha value is -1.94. The molecule has 3 rings (SSSR count). The Morgan fingerprint density at radius 3 is 2.23 bits per heavy atom. The van der Waals surface area contributed by atoms with E-state index in [9.17, 15) is 0 Å². The molecule has 0 atom stereocenters. The molecule has 2 N–H and O–H groups in total.